The molecule has 0 saturated heterocycles. The van der Waals surface area contributed by atoms with Crippen molar-refractivity contribution in [3.63, 3.8) is 0 Å². The first-order valence-corrected chi connectivity index (χ1v) is 11.0. The second-order valence-corrected chi connectivity index (χ2v) is 9.04. The second-order valence-electron chi connectivity index (χ2n) is 5.93. The Morgan fingerprint density at radius 1 is 1.12 bits per heavy atom. The summed E-state index contributed by atoms with van der Waals surface area (Å²) in [5.41, 5.74) is 1.54. The van der Waals surface area contributed by atoms with Gasteiger partial charge in [-0.05, 0) is 49.7 Å². The van der Waals surface area contributed by atoms with Crippen LogP contribution in [0.5, 0.6) is 0 Å². The van der Waals surface area contributed by atoms with Crippen molar-refractivity contribution in [2.45, 2.75) is 30.5 Å². The van der Waals surface area contributed by atoms with Gasteiger partial charge in [-0.2, -0.15) is 0 Å². The van der Waals surface area contributed by atoms with Gasteiger partial charge in [0, 0.05) is 22.5 Å². The van der Waals surface area contributed by atoms with E-state index in [2.05, 4.69) is 10.0 Å². The third-order valence-corrected chi connectivity index (χ3v) is 6.31. The zero-order valence-electron chi connectivity index (χ0n) is 14.5. The molecule has 0 aromatic heterocycles. The van der Waals surface area contributed by atoms with E-state index in [9.17, 15) is 13.2 Å². The fourth-order valence-corrected chi connectivity index (χ4v) is 4.53. The molecule has 0 fully saturated rings. The van der Waals surface area contributed by atoms with Crippen LogP contribution in [-0.2, 0) is 20.6 Å². The first-order chi connectivity index (χ1) is 12.3. The van der Waals surface area contributed by atoms with Crippen molar-refractivity contribution in [2.75, 3.05) is 11.1 Å². The van der Waals surface area contributed by atoms with Gasteiger partial charge in [0.05, 0.1) is 10.6 Å². The molecule has 2 aromatic rings. The maximum Gasteiger partial charge on any atom is 0.240 e. The van der Waals surface area contributed by atoms with Crippen molar-refractivity contribution in [1.82, 2.24) is 4.72 Å². The molecule has 0 radical (unpaired) electrons. The minimum Gasteiger partial charge on any atom is -0.325 e. The molecular weight excluding hydrogens is 392 g/mol. The maximum absolute atomic E-state index is 12.1. The molecule has 140 valence electrons. The number of thioether (sulfide) groups is 1. The highest BCUT2D eigenvalue weighted by Crippen LogP contribution is 2.21. The van der Waals surface area contributed by atoms with Crippen molar-refractivity contribution < 1.29 is 13.2 Å². The van der Waals surface area contributed by atoms with Gasteiger partial charge in [0.1, 0.15) is 0 Å². The average molecular weight is 413 g/mol. The molecule has 8 heteroatoms. The fraction of sp³-hybridized carbons (Fsp3) is 0.278. The van der Waals surface area contributed by atoms with Crippen LogP contribution in [0.15, 0.2) is 53.4 Å². The molecule has 0 atom stereocenters. The fourth-order valence-electron chi connectivity index (χ4n) is 2.16. The molecule has 0 bridgehead atoms. The summed E-state index contributed by atoms with van der Waals surface area (Å²) in [6.07, 6.45) is 0. The number of hydrogen-bond acceptors (Lipinski definition) is 4. The van der Waals surface area contributed by atoms with Gasteiger partial charge < -0.3 is 5.32 Å². The van der Waals surface area contributed by atoms with E-state index in [4.69, 9.17) is 11.6 Å². The topological polar surface area (TPSA) is 75.3 Å². The van der Waals surface area contributed by atoms with E-state index in [1.165, 1.54) is 23.9 Å². The van der Waals surface area contributed by atoms with Gasteiger partial charge in [-0.3, -0.25) is 4.79 Å². The van der Waals surface area contributed by atoms with Crippen molar-refractivity contribution in [1.29, 1.82) is 0 Å². The zero-order valence-corrected chi connectivity index (χ0v) is 16.9. The lowest BCUT2D eigenvalue weighted by atomic mass is 10.2. The summed E-state index contributed by atoms with van der Waals surface area (Å²) in [7, 11) is -3.53. The van der Waals surface area contributed by atoms with Crippen LogP contribution in [0.25, 0.3) is 0 Å². The zero-order chi connectivity index (χ0) is 19.2. The molecule has 0 aliphatic rings. The van der Waals surface area contributed by atoms with Crippen molar-refractivity contribution >= 4 is 45.0 Å². The first kappa shape index (κ1) is 20.8. The monoisotopic (exact) mass is 412 g/mol. The number of carbonyl (C=O) groups excluding carboxylic acids is 1. The Labute approximate surface area is 163 Å². The van der Waals surface area contributed by atoms with E-state index in [0.717, 1.165) is 5.56 Å². The molecule has 0 saturated carbocycles. The van der Waals surface area contributed by atoms with E-state index >= 15 is 0 Å². The van der Waals surface area contributed by atoms with Crippen LogP contribution < -0.4 is 10.0 Å². The first-order valence-electron chi connectivity index (χ1n) is 8.01. The summed E-state index contributed by atoms with van der Waals surface area (Å²) in [6, 6.07) is 13.4. The number of rotatable bonds is 8. The minimum atomic E-state index is -3.53. The summed E-state index contributed by atoms with van der Waals surface area (Å²) in [5.74, 6) is 0.767. The SMILES string of the molecule is CC(C)NS(=O)(=O)c1ccc(NC(=O)CSCc2ccccc2Cl)cc1. The largest absolute Gasteiger partial charge is 0.325 e. The Morgan fingerprint density at radius 2 is 1.77 bits per heavy atom. The smallest absolute Gasteiger partial charge is 0.240 e. The molecule has 0 aliphatic heterocycles. The number of benzene rings is 2. The Kier molecular flexibility index (Phi) is 7.52. The van der Waals surface area contributed by atoms with Crippen LogP contribution in [0.4, 0.5) is 5.69 Å². The predicted octanol–water partition coefficient (Wildman–Crippen LogP) is 3.90. The average Bonchev–Trinajstić information content (AvgIpc) is 2.56. The van der Waals surface area contributed by atoms with Crippen LogP contribution in [0.2, 0.25) is 5.02 Å². The quantitative estimate of drug-likeness (QED) is 0.689. The Bertz CT molecular complexity index is 853. The molecular formula is C18H21ClN2O3S2. The van der Waals surface area contributed by atoms with Crippen LogP contribution in [0.3, 0.4) is 0 Å². The van der Waals surface area contributed by atoms with Crippen LogP contribution in [0, 0.1) is 0 Å². The highest BCUT2D eigenvalue weighted by atomic mass is 35.5. The second kappa shape index (κ2) is 9.41. The number of hydrogen-bond donors (Lipinski definition) is 2. The third-order valence-electron chi connectivity index (χ3n) is 3.29. The summed E-state index contributed by atoms with van der Waals surface area (Å²) in [5, 5.41) is 3.44. The van der Waals surface area contributed by atoms with E-state index in [1.54, 1.807) is 26.0 Å². The minimum absolute atomic E-state index is 0.155. The molecule has 0 heterocycles. The highest BCUT2D eigenvalue weighted by molar-refractivity contribution is 7.99. The van der Waals surface area contributed by atoms with Crippen molar-refractivity contribution in [3.05, 3.63) is 59.1 Å². The molecule has 2 aromatic carbocycles. The molecule has 26 heavy (non-hydrogen) atoms. The highest BCUT2D eigenvalue weighted by Gasteiger charge is 2.15. The van der Waals surface area contributed by atoms with Gasteiger partial charge in [0.25, 0.3) is 0 Å². The van der Waals surface area contributed by atoms with Crippen LogP contribution in [-0.4, -0.2) is 26.1 Å². The number of sulfonamides is 1. The van der Waals surface area contributed by atoms with Gasteiger partial charge >= 0.3 is 0 Å². The van der Waals surface area contributed by atoms with Gasteiger partial charge in [0.15, 0.2) is 0 Å². The van der Waals surface area contributed by atoms with Crippen LogP contribution >= 0.6 is 23.4 Å². The van der Waals surface area contributed by atoms with Crippen molar-refractivity contribution in [2.24, 2.45) is 0 Å². The standard InChI is InChI=1S/C18H21ClN2O3S2/c1-13(2)21-26(23,24)16-9-7-15(8-10-16)20-18(22)12-25-11-14-5-3-4-6-17(14)19/h3-10,13,21H,11-12H2,1-2H3,(H,20,22). The Morgan fingerprint density at radius 3 is 2.38 bits per heavy atom. The molecule has 2 N–H and O–H groups in total. The summed E-state index contributed by atoms with van der Waals surface area (Å²) in [6.45, 7) is 3.51. The Hall–Kier alpha value is -1.54. The lowest BCUT2D eigenvalue weighted by molar-refractivity contribution is -0.113. The van der Waals surface area contributed by atoms with Crippen LogP contribution in [0.1, 0.15) is 19.4 Å². The molecule has 1 amide bonds. The third kappa shape index (κ3) is 6.32. The van der Waals surface area contributed by atoms with E-state index in [-0.39, 0.29) is 22.6 Å². The predicted molar refractivity (Wildman–Crippen MR) is 108 cm³/mol. The normalized spacial score (nSPS) is 11.5. The van der Waals surface area contributed by atoms with Gasteiger partial charge in [-0.15, -0.1) is 11.8 Å². The molecule has 2 rings (SSSR count). The molecule has 0 spiro atoms. The Balaban J connectivity index is 1.86. The van der Waals surface area contributed by atoms with E-state index in [0.29, 0.717) is 16.5 Å². The summed E-state index contributed by atoms with van der Waals surface area (Å²) < 4.78 is 26.6. The number of carbonyl (C=O) groups is 1. The number of halogens is 1. The molecule has 0 aliphatic carbocycles. The van der Waals surface area contributed by atoms with Gasteiger partial charge in [-0.1, -0.05) is 29.8 Å². The lowest BCUT2D eigenvalue weighted by Gasteiger charge is -2.10. The summed E-state index contributed by atoms with van der Waals surface area (Å²) in [4.78, 5) is 12.2. The molecule has 0 unspecified atom stereocenters. The number of anilines is 1. The maximum atomic E-state index is 12.1. The van der Waals surface area contributed by atoms with Gasteiger partial charge in [-0.25, -0.2) is 13.1 Å². The van der Waals surface area contributed by atoms with Gasteiger partial charge in [0.2, 0.25) is 15.9 Å². The summed E-state index contributed by atoms with van der Waals surface area (Å²) >= 11 is 7.54. The lowest BCUT2D eigenvalue weighted by Crippen LogP contribution is -2.30. The van der Waals surface area contributed by atoms with E-state index < -0.39 is 10.0 Å². The van der Waals surface area contributed by atoms with E-state index in [1.807, 2.05) is 24.3 Å². The van der Waals surface area contributed by atoms with Crippen molar-refractivity contribution in [3.8, 4) is 0 Å². The number of amides is 1. The number of nitrogens with one attached hydrogen (secondary N) is 2. The molecule has 5 nitrogen and oxygen atoms in total.